The van der Waals surface area contributed by atoms with E-state index in [4.69, 9.17) is 4.74 Å². The second-order valence-electron chi connectivity index (χ2n) is 4.35. The van der Waals surface area contributed by atoms with Gasteiger partial charge in [-0.05, 0) is 30.4 Å². The summed E-state index contributed by atoms with van der Waals surface area (Å²) in [6.45, 7) is 0.539. The fourth-order valence-electron chi connectivity index (χ4n) is 2.47. The summed E-state index contributed by atoms with van der Waals surface area (Å²) in [7, 11) is 1.64. The highest BCUT2D eigenvalue weighted by molar-refractivity contribution is 5.86. The molecule has 1 aromatic rings. The minimum absolute atomic E-state index is 0.111. The Hall–Kier alpha value is -1.15. The van der Waals surface area contributed by atoms with Crippen molar-refractivity contribution >= 4 is 5.78 Å². The molecule has 2 rings (SSSR count). The quantitative estimate of drug-likeness (QED) is 0.776. The van der Waals surface area contributed by atoms with Gasteiger partial charge < -0.3 is 4.74 Å². The fourth-order valence-corrected chi connectivity index (χ4v) is 2.47. The lowest BCUT2D eigenvalue weighted by atomic mass is 9.80. The molecule has 1 atom stereocenters. The van der Waals surface area contributed by atoms with Gasteiger partial charge in [-0.15, -0.1) is 0 Å². The number of hydrogen-bond acceptors (Lipinski definition) is 2. The van der Waals surface area contributed by atoms with Crippen LogP contribution in [0.2, 0.25) is 0 Å². The zero-order chi connectivity index (χ0) is 11.4. The first-order valence-corrected chi connectivity index (χ1v) is 5.92. The second kappa shape index (κ2) is 5.26. The van der Waals surface area contributed by atoms with Gasteiger partial charge in [0.05, 0.1) is 6.61 Å². The van der Waals surface area contributed by atoms with Crippen molar-refractivity contribution < 1.29 is 9.53 Å². The van der Waals surface area contributed by atoms with Gasteiger partial charge in [-0.1, -0.05) is 24.3 Å². The molecule has 0 radical (unpaired) electrons. The van der Waals surface area contributed by atoms with E-state index in [9.17, 15) is 4.79 Å². The SMILES string of the molecule is COCCC(=O)C1CCCc2ccccc21. The molecule has 0 fully saturated rings. The molecule has 1 aliphatic rings. The summed E-state index contributed by atoms with van der Waals surface area (Å²) in [5.74, 6) is 0.439. The lowest BCUT2D eigenvalue weighted by Gasteiger charge is -2.24. The molecule has 2 heteroatoms. The molecule has 0 amide bonds. The van der Waals surface area contributed by atoms with Crippen molar-refractivity contribution in [2.45, 2.75) is 31.6 Å². The number of rotatable bonds is 4. The average Bonchev–Trinajstić information content (AvgIpc) is 2.35. The minimum Gasteiger partial charge on any atom is -0.384 e. The van der Waals surface area contributed by atoms with E-state index in [-0.39, 0.29) is 5.92 Å². The molecule has 0 saturated heterocycles. The highest BCUT2D eigenvalue weighted by Gasteiger charge is 2.25. The Balaban J connectivity index is 2.15. The van der Waals surface area contributed by atoms with Gasteiger partial charge in [0.15, 0.2) is 0 Å². The molecule has 0 bridgehead atoms. The van der Waals surface area contributed by atoms with Crippen LogP contribution >= 0.6 is 0 Å². The van der Waals surface area contributed by atoms with Crippen LogP contribution in [0, 0.1) is 0 Å². The van der Waals surface area contributed by atoms with Gasteiger partial charge in [0, 0.05) is 19.4 Å². The zero-order valence-electron chi connectivity index (χ0n) is 9.74. The fraction of sp³-hybridized carbons (Fsp3) is 0.500. The van der Waals surface area contributed by atoms with Crippen molar-refractivity contribution in [3.63, 3.8) is 0 Å². The monoisotopic (exact) mass is 218 g/mol. The Kier molecular flexibility index (Phi) is 3.73. The zero-order valence-corrected chi connectivity index (χ0v) is 9.74. The Morgan fingerprint density at radius 1 is 1.44 bits per heavy atom. The number of fused-ring (bicyclic) bond motifs is 1. The van der Waals surface area contributed by atoms with Crippen LogP contribution in [0.5, 0.6) is 0 Å². The topological polar surface area (TPSA) is 26.3 Å². The number of carbonyl (C=O) groups excluding carboxylic acids is 1. The highest BCUT2D eigenvalue weighted by Crippen LogP contribution is 2.32. The largest absolute Gasteiger partial charge is 0.384 e. The molecule has 1 aliphatic carbocycles. The van der Waals surface area contributed by atoms with Gasteiger partial charge in [0.1, 0.15) is 5.78 Å². The molecule has 0 saturated carbocycles. The van der Waals surface area contributed by atoms with Crippen LogP contribution in [0.3, 0.4) is 0 Å². The van der Waals surface area contributed by atoms with Crippen molar-refractivity contribution in [2.75, 3.05) is 13.7 Å². The van der Waals surface area contributed by atoms with Crippen molar-refractivity contribution in [2.24, 2.45) is 0 Å². The summed E-state index contributed by atoms with van der Waals surface area (Å²) in [6, 6.07) is 8.33. The van der Waals surface area contributed by atoms with Gasteiger partial charge in [0.2, 0.25) is 0 Å². The van der Waals surface area contributed by atoms with Gasteiger partial charge in [-0.3, -0.25) is 4.79 Å². The molecule has 0 heterocycles. The van der Waals surface area contributed by atoms with Gasteiger partial charge >= 0.3 is 0 Å². The van der Waals surface area contributed by atoms with Crippen LogP contribution in [-0.4, -0.2) is 19.5 Å². The third kappa shape index (κ3) is 2.33. The summed E-state index contributed by atoms with van der Waals surface area (Å²) >= 11 is 0. The van der Waals surface area contributed by atoms with Crippen LogP contribution in [0.25, 0.3) is 0 Å². The number of ether oxygens (including phenoxy) is 1. The summed E-state index contributed by atoms with van der Waals surface area (Å²) in [4.78, 5) is 12.0. The first-order valence-electron chi connectivity index (χ1n) is 5.92. The van der Waals surface area contributed by atoms with Crippen molar-refractivity contribution in [3.05, 3.63) is 35.4 Å². The highest BCUT2D eigenvalue weighted by atomic mass is 16.5. The van der Waals surface area contributed by atoms with E-state index in [1.165, 1.54) is 11.1 Å². The molecule has 86 valence electrons. The lowest BCUT2D eigenvalue weighted by molar-refractivity contribution is -0.121. The van der Waals surface area contributed by atoms with Crippen LogP contribution in [0.4, 0.5) is 0 Å². The maximum atomic E-state index is 12.0. The van der Waals surface area contributed by atoms with E-state index in [0.717, 1.165) is 19.3 Å². The molecular weight excluding hydrogens is 200 g/mol. The van der Waals surface area contributed by atoms with Crippen molar-refractivity contribution in [1.29, 1.82) is 0 Å². The van der Waals surface area contributed by atoms with Gasteiger partial charge in [-0.25, -0.2) is 0 Å². The number of aryl methyl sites for hydroxylation is 1. The molecule has 0 aliphatic heterocycles. The number of methoxy groups -OCH3 is 1. The number of benzene rings is 1. The maximum absolute atomic E-state index is 12.0. The number of Topliss-reactive ketones (excluding diaryl/α,β-unsaturated/α-hetero) is 1. The van der Waals surface area contributed by atoms with E-state index in [1.54, 1.807) is 7.11 Å². The van der Waals surface area contributed by atoms with E-state index in [2.05, 4.69) is 18.2 Å². The number of ketones is 1. The molecule has 0 N–H and O–H groups in total. The number of hydrogen-bond donors (Lipinski definition) is 0. The predicted octanol–water partition coefficient (Wildman–Crippen LogP) is 2.71. The lowest BCUT2D eigenvalue weighted by Crippen LogP contribution is -2.19. The van der Waals surface area contributed by atoms with Crippen molar-refractivity contribution in [1.82, 2.24) is 0 Å². The number of carbonyl (C=O) groups is 1. The first kappa shape index (κ1) is 11.3. The molecular formula is C14H18O2. The van der Waals surface area contributed by atoms with E-state index >= 15 is 0 Å². The molecule has 1 aromatic carbocycles. The van der Waals surface area contributed by atoms with E-state index < -0.39 is 0 Å². The van der Waals surface area contributed by atoms with Gasteiger partial charge in [0.25, 0.3) is 0 Å². The average molecular weight is 218 g/mol. The third-order valence-electron chi connectivity index (χ3n) is 3.31. The summed E-state index contributed by atoms with van der Waals surface area (Å²) in [5, 5.41) is 0. The van der Waals surface area contributed by atoms with Crippen LogP contribution in [0.15, 0.2) is 24.3 Å². The Morgan fingerprint density at radius 3 is 3.06 bits per heavy atom. The molecule has 0 aromatic heterocycles. The molecule has 0 spiro atoms. The maximum Gasteiger partial charge on any atom is 0.142 e. The normalized spacial score (nSPS) is 19.2. The van der Waals surface area contributed by atoms with E-state index in [1.807, 2.05) is 6.07 Å². The summed E-state index contributed by atoms with van der Waals surface area (Å²) in [5.41, 5.74) is 2.60. The van der Waals surface area contributed by atoms with Crippen LogP contribution < -0.4 is 0 Å². The van der Waals surface area contributed by atoms with Crippen LogP contribution in [0.1, 0.15) is 36.3 Å². The minimum atomic E-state index is 0.111. The Morgan fingerprint density at radius 2 is 2.25 bits per heavy atom. The summed E-state index contributed by atoms with van der Waals surface area (Å²) in [6.07, 6.45) is 3.78. The molecule has 1 unspecified atom stereocenters. The van der Waals surface area contributed by atoms with Crippen LogP contribution in [-0.2, 0) is 16.0 Å². The van der Waals surface area contributed by atoms with Crippen molar-refractivity contribution in [3.8, 4) is 0 Å². The Bertz CT molecular complexity index is 371. The predicted molar refractivity (Wildman–Crippen MR) is 63.6 cm³/mol. The standard InChI is InChI=1S/C14H18O2/c1-16-10-9-14(15)13-8-4-6-11-5-2-3-7-12(11)13/h2-3,5,7,13H,4,6,8-10H2,1H3. The summed E-state index contributed by atoms with van der Waals surface area (Å²) < 4.78 is 4.97. The first-order chi connectivity index (χ1) is 7.83. The second-order valence-corrected chi connectivity index (χ2v) is 4.35. The van der Waals surface area contributed by atoms with E-state index in [0.29, 0.717) is 18.8 Å². The smallest absolute Gasteiger partial charge is 0.142 e. The molecule has 2 nitrogen and oxygen atoms in total. The molecule has 16 heavy (non-hydrogen) atoms. The van der Waals surface area contributed by atoms with Gasteiger partial charge in [-0.2, -0.15) is 0 Å². The third-order valence-corrected chi connectivity index (χ3v) is 3.31. The Labute approximate surface area is 96.6 Å².